The topological polar surface area (TPSA) is 75.7 Å². The fourth-order valence-corrected chi connectivity index (χ4v) is 4.89. The summed E-state index contributed by atoms with van der Waals surface area (Å²) in [5.41, 5.74) is 1.93. The van der Waals surface area contributed by atoms with Crippen molar-refractivity contribution >= 4 is 38.9 Å². The fraction of sp³-hybridized carbons (Fsp3) is 0.235. The average molecular weight is 379 g/mol. The number of sulfonamides is 1. The van der Waals surface area contributed by atoms with Crippen LogP contribution in [-0.2, 0) is 21.2 Å². The second-order valence-electron chi connectivity index (χ2n) is 5.95. The number of carbonyl (C=O) groups excluding carboxylic acids is 1. The van der Waals surface area contributed by atoms with Crippen LogP contribution in [0.2, 0.25) is 5.02 Å². The molecule has 0 radical (unpaired) electrons. The Kier molecular flexibility index (Phi) is 3.85. The van der Waals surface area contributed by atoms with Crippen molar-refractivity contribution in [2.24, 2.45) is 0 Å². The van der Waals surface area contributed by atoms with Crippen LogP contribution in [0.15, 0.2) is 41.3 Å². The van der Waals surface area contributed by atoms with Gasteiger partial charge in [0.05, 0.1) is 16.3 Å². The molecule has 1 amide bonds. The number of benzene rings is 2. The Labute approximate surface area is 150 Å². The van der Waals surface area contributed by atoms with Gasteiger partial charge in [0.15, 0.2) is 6.61 Å². The van der Waals surface area contributed by atoms with E-state index in [2.05, 4.69) is 5.32 Å². The molecule has 0 unspecified atom stereocenters. The molecule has 6 nitrogen and oxygen atoms in total. The smallest absolute Gasteiger partial charge is 0.264 e. The Balaban J connectivity index is 1.76. The number of fused-ring (bicyclic) bond motifs is 2. The number of halogens is 1. The third-order valence-electron chi connectivity index (χ3n) is 4.29. The van der Waals surface area contributed by atoms with Gasteiger partial charge in [-0.3, -0.25) is 9.10 Å². The molecule has 0 saturated carbocycles. The molecule has 8 heteroatoms. The number of hydrogen-bond acceptors (Lipinski definition) is 4. The van der Waals surface area contributed by atoms with Gasteiger partial charge in [-0.05, 0) is 54.8 Å². The van der Waals surface area contributed by atoms with Gasteiger partial charge < -0.3 is 10.1 Å². The Hall–Kier alpha value is -2.25. The van der Waals surface area contributed by atoms with E-state index in [-0.39, 0.29) is 17.4 Å². The summed E-state index contributed by atoms with van der Waals surface area (Å²) < 4.78 is 33.0. The van der Waals surface area contributed by atoms with Gasteiger partial charge in [-0.2, -0.15) is 0 Å². The zero-order chi connectivity index (χ0) is 17.6. The van der Waals surface area contributed by atoms with Gasteiger partial charge in [0.25, 0.3) is 15.9 Å². The summed E-state index contributed by atoms with van der Waals surface area (Å²) in [6.07, 6.45) is 1.51. The van der Waals surface area contributed by atoms with Crippen LogP contribution < -0.4 is 14.4 Å². The molecule has 25 heavy (non-hydrogen) atoms. The van der Waals surface area contributed by atoms with E-state index in [0.717, 1.165) is 18.4 Å². The third-order valence-corrected chi connectivity index (χ3v) is 6.33. The second kappa shape index (κ2) is 5.93. The first-order chi connectivity index (χ1) is 11.9. The Bertz CT molecular complexity index is 975. The normalized spacial score (nSPS) is 16.5. The quantitative estimate of drug-likeness (QED) is 0.871. The number of ether oxygens (including phenoxy) is 1. The zero-order valence-electron chi connectivity index (χ0n) is 13.2. The largest absolute Gasteiger partial charge is 0.482 e. The highest BCUT2D eigenvalue weighted by molar-refractivity contribution is 7.92. The minimum Gasteiger partial charge on any atom is -0.482 e. The van der Waals surface area contributed by atoms with Crippen molar-refractivity contribution in [1.82, 2.24) is 0 Å². The molecule has 1 N–H and O–H groups in total. The van der Waals surface area contributed by atoms with Crippen LogP contribution in [-0.4, -0.2) is 27.5 Å². The van der Waals surface area contributed by atoms with Crippen molar-refractivity contribution in [3.05, 3.63) is 47.0 Å². The molecule has 2 aliphatic rings. The molecule has 0 atom stereocenters. The number of anilines is 2. The van der Waals surface area contributed by atoms with Crippen LogP contribution in [0.5, 0.6) is 5.75 Å². The van der Waals surface area contributed by atoms with Crippen LogP contribution >= 0.6 is 11.6 Å². The van der Waals surface area contributed by atoms with Crippen LogP contribution in [0.4, 0.5) is 11.4 Å². The molecule has 0 spiro atoms. The first-order valence-corrected chi connectivity index (χ1v) is 9.65. The predicted molar refractivity (Wildman–Crippen MR) is 94.9 cm³/mol. The molecule has 2 aromatic carbocycles. The van der Waals surface area contributed by atoms with Crippen LogP contribution in [0, 0.1) is 0 Å². The number of nitrogens with one attached hydrogen (secondary N) is 1. The van der Waals surface area contributed by atoms with Gasteiger partial charge in [-0.1, -0.05) is 11.6 Å². The number of carbonyl (C=O) groups is 1. The summed E-state index contributed by atoms with van der Waals surface area (Å²) >= 11 is 6.03. The van der Waals surface area contributed by atoms with Gasteiger partial charge in [0, 0.05) is 11.6 Å². The SMILES string of the molecule is O=C1COc2ccc(S(=O)(=O)N3CCCc4cc(Cl)ccc43)cc2N1. The Morgan fingerprint density at radius 2 is 2.00 bits per heavy atom. The minimum atomic E-state index is -3.76. The molecular formula is C17H15ClN2O4S. The summed E-state index contributed by atoms with van der Waals surface area (Å²) in [5, 5.41) is 3.23. The summed E-state index contributed by atoms with van der Waals surface area (Å²) in [4.78, 5) is 11.6. The van der Waals surface area contributed by atoms with Crippen LogP contribution in [0.3, 0.4) is 0 Å². The van der Waals surface area contributed by atoms with Crippen molar-refractivity contribution in [2.75, 3.05) is 22.8 Å². The monoisotopic (exact) mass is 378 g/mol. The van der Waals surface area contributed by atoms with E-state index in [0.29, 0.717) is 28.7 Å². The van der Waals surface area contributed by atoms with Gasteiger partial charge >= 0.3 is 0 Å². The molecule has 0 fully saturated rings. The van der Waals surface area contributed by atoms with E-state index < -0.39 is 10.0 Å². The molecular weight excluding hydrogens is 364 g/mol. The maximum absolute atomic E-state index is 13.1. The van der Waals surface area contributed by atoms with Crippen LogP contribution in [0.25, 0.3) is 0 Å². The zero-order valence-corrected chi connectivity index (χ0v) is 14.7. The molecule has 0 bridgehead atoms. The molecule has 2 heterocycles. The summed E-state index contributed by atoms with van der Waals surface area (Å²) in [5.74, 6) is 0.157. The lowest BCUT2D eigenvalue weighted by Crippen LogP contribution is -2.35. The van der Waals surface area contributed by atoms with Crippen molar-refractivity contribution in [1.29, 1.82) is 0 Å². The average Bonchev–Trinajstić information content (AvgIpc) is 2.60. The lowest BCUT2D eigenvalue weighted by atomic mass is 10.0. The number of amides is 1. The molecule has 0 aromatic heterocycles. The third kappa shape index (κ3) is 2.83. The molecule has 2 aliphatic heterocycles. The van der Waals surface area contributed by atoms with Crippen molar-refractivity contribution in [3.63, 3.8) is 0 Å². The highest BCUT2D eigenvalue weighted by Gasteiger charge is 2.30. The second-order valence-corrected chi connectivity index (χ2v) is 8.25. The maximum atomic E-state index is 13.1. The number of hydrogen-bond donors (Lipinski definition) is 1. The van der Waals surface area contributed by atoms with Gasteiger partial charge in [-0.15, -0.1) is 0 Å². The lowest BCUT2D eigenvalue weighted by Gasteiger charge is -2.31. The summed E-state index contributed by atoms with van der Waals surface area (Å²) in [7, 11) is -3.76. The molecule has 4 rings (SSSR count). The first-order valence-electron chi connectivity index (χ1n) is 7.83. The van der Waals surface area contributed by atoms with E-state index in [9.17, 15) is 13.2 Å². The van der Waals surface area contributed by atoms with Crippen molar-refractivity contribution in [3.8, 4) is 5.75 Å². The number of aryl methyl sites for hydroxylation is 1. The number of rotatable bonds is 2. The highest BCUT2D eigenvalue weighted by Crippen LogP contribution is 2.36. The molecule has 0 aliphatic carbocycles. The van der Waals surface area contributed by atoms with Gasteiger partial charge in [0.2, 0.25) is 0 Å². The van der Waals surface area contributed by atoms with E-state index in [1.54, 1.807) is 24.3 Å². The van der Waals surface area contributed by atoms with E-state index >= 15 is 0 Å². The number of nitrogens with zero attached hydrogens (tertiary/aromatic N) is 1. The van der Waals surface area contributed by atoms with Crippen molar-refractivity contribution < 1.29 is 17.9 Å². The standard InChI is InChI=1S/C17H15ClN2O4S/c18-12-3-5-15-11(8-12)2-1-7-20(15)25(22,23)13-4-6-16-14(9-13)19-17(21)10-24-16/h3-6,8-9H,1-2,7,10H2,(H,19,21). The van der Waals surface area contributed by atoms with E-state index in [4.69, 9.17) is 16.3 Å². The van der Waals surface area contributed by atoms with Crippen LogP contribution in [0.1, 0.15) is 12.0 Å². The van der Waals surface area contributed by atoms with Crippen molar-refractivity contribution in [2.45, 2.75) is 17.7 Å². The highest BCUT2D eigenvalue weighted by atomic mass is 35.5. The minimum absolute atomic E-state index is 0.0701. The Morgan fingerprint density at radius 1 is 1.16 bits per heavy atom. The summed E-state index contributed by atoms with van der Waals surface area (Å²) in [6.45, 7) is 0.330. The predicted octanol–water partition coefficient (Wildman–Crippen LogP) is 2.81. The van der Waals surface area contributed by atoms with Gasteiger partial charge in [-0.25, -0.2) is 8.42 Å². The Morgan fingerprint density at radius 3 is 2.84 bits per heavy atom. The molecule has 2 aromatic rings. The molecule has 0 saturated heterocycles. The molecule has 130 valence electrons. The summed E-state index contributed by atoms with van der Waals surface area (Å²) in [6, 6.07) is 9.72. The van der Waals surface area contributed by atoms with Gasteiger partial charge in [0.1, 0.15) is 5.75 Å². The van der Waals surface area contributed by atoms with E-state index in [1.165, 1.54) is 16.4 Å². The first kappa shape index (κ1) is 16.2. The fourth-order valence-electron chi connectivity index (χ4n) is 3.13. The maximum Gasteiger partial charge on any atom is 0.264 e. The lowest BCUT2D eigenvalue weighted by molar-refractivity contribution is -0.118. The van der Waals surface area contributed by atoms with E-state index in [1.807, 2.05) is 0 Å².